The van der Waals surface area contributed by atoms with E-state index in [0.29, 0.717) is 13.0 Å². The minimum Gasteiger partial charge on any atom is -0.357 e. The Bertz CT molecular complexity index is 1010. The first-order chi connectivity index (χ1) is 14.6. The average Bonchev–Trinajstić information content (AvgIpc) is 3.35. The number of aryl methyl sites for hydroxylation is 2. The normalized spacial score (nSPS) is 15.8. The molecular formula is C21H28FIN8. The Kier molecular flexibility index (Phi) is 7.99. The molecular weight excluding hydrogens is 510 g/mol. The van der Waals surface area contributed by atoms with E-state index in [1.807, 2.05) is 23.9 Å². The second kappa shape index (κ2) is 10.7. The fourth-order valence-corrected chi connectivity index (χ4v) is 3.61. The predicted octanol–water partition coefficient (Wildman–Crippen LogP) is 3.16. The smallest absolute Gasteiger partial charge is 0.191 e. The van der Waals surface area contributed by atoms with Gasteiger partial charge in [-0.05, 0) is 57.0 Å². The van der Waals surface area contributed by atoms with E-state index >= 15 is 0 Å². The van der Waals surface area contributed by atoms with Crippen molar-refractivity contribution in [2.24, 2.45) is 4.99 Å². The number of rotatable bonds is 6. The molecule has 3 heterocycles. The van der Waals surface area contributed by atoms with E-state index in [-0.39, 0.29) is 35.8 Å². The molecule has 0 bridgehead atoms. The van der Waals surface area contributed by atoms with Crippen molar-refractivity contribution in [1.82, 2.24) is 35.2 Å². The molecule has 0 aliphatic carbocycles. The minimum atomic E-state index is -0.254. The van der Waals surface area contributed by atoms with Gasteiger partial charge in [0, 0.05) is 32.3 Å². The maximum absolute atomic E-state index is 13.1. The van der Waals surface area contributed by atoms with Crippen LogP contribution in [0.1, 0.15) is 43.1 Å². The number of guanidine groups is 1. The van der Waals surface area contributed by atoms with Gasteiger partial charge in [0.05, 0.1) is 17.4 Å². The average molecular weight is 538 g/mol. The lowest BCUT2D eigenvalue weighted by atomic mass is 10.1. The van der Waals surface area contributed by atoms with Crippen molar-refractivity contribution in [2.75, 3.05) is 13.1 Å². The number of nitrogens with one attached hydrogen (secondary N) is 2. The Labute approximate surface area is 198 Å². The number of benzene rings is 1. The summed E-state index contributed by atoms with van der Waals surface area (Å²) in [7, 11) is 0. The molecule has 3 aromatic rings. The lowest BCUT2D eigenvalue weighted by molar-refractivity contribution is 0.397. The Morgan fingerprint density at radius 1 is 1.23 bits per heavy atom. The molecule has 166 valence electrons. The van der Waals surface area contributed by atoms with E-state index in [4.69, 9.17) is 4.99 Å². The first-order valence-electron chi connectivity index (χ1n) is 10.4. The van der Waals surface area contributed by atoms with E-state index in [0.717, 1.165) is 54.9 Å². The van der Waals surface area contributed by atoms with Crippen LogP contribution in [-0.2, 0) is 13.0 Å². The molecule has 0 amide bonds. The summed E-state index contributed by atoms with van der Waals surface area (Å²) < 4.78 is 16.8. The molecule has 1 atom stereocenters. The molecule has 10 heteroatoms. The van der Waals surface area contributed by atoms with Crippen LogP contribution in [0.2, 0.25) is 0 Å². The van der Waals surface area contributed by atoms with Crippen LogP contribution in [0.4, 0.5) is 4.39 Å². The van der Waals surface area contributed by atoms with E-state index in [1.54, 1.807) is 16.8 Å². The molecule has 0 fully saturated rings. The number of halogens is 2. The molecule has 0 saturated carbocycles. The summed E-state index contributed by atoms with van der Waals surface area (Å²) in [6, 6.07) is 8.36. The third-order valence-corrected chi connectivity index (χ3v) is 5.01. The van der Waals surface area contributed by atoms with Gasteiger partial charge in [0.2, 0.25) is 0 Å². The van der Waals surface area contributed by atoms with E-state index < -0.39 is 0 Å². The van der Waals surface area contributed by atoms with Gasteiger partial charge >= 0.3 is 0 Å². The SMILES string of the molecule is CCNC(=NCCc1ccn(-c2ccc(F)cc2)n1)NC1CCCn2nc(C)nc21.I. The summed E-state index contributed by atoms with van der Waals surface area (Å²) in [5.41, 5.74) is 1.77. The van der Waals surface area contributed by atoms with Gasteiger partial charge in [0.15, 0.2) is 5.96 Å². The van der Waals surface area contributed by atoms with Crippen LogP contribution in [-0.4, -0.2) is 43.6 Å². The zero-order chi connectivity index (χ0) is 20.9. The van der Waals surface area contributed by atoms with E-state index in [2.05, 4.69) is 32.7 Å². The molecule has 2 aromatic heterocycles. The van der Waals surface area contributed by atoms with Crippen LogP contribution in [0.5, 0.6) is 0 Å². The Hall–Kier alpha value is -2.50. The molecule has 1 aromatic carbocycles. The summed E-state index contributed by atoms with van der Waals surface area (Å²) in [6.45, 7) is 6.28. The lowest BCUT2D eigenvalue weighted by Gasteiger charge is -2.25. The first kappa shape index (κ1) is 23.2. The fourth-order valence-electron chi connectivity index (χ4n) is 3.61. The summed E-state index contributed by atoms with van der Waals surface area (Å²) in [5.74, 6) is 2.30. The minimum absolute atomic E-state index is 0. The Morgan fingerprint density at radius 2 is 2.03 bits per heavy atom. The van der Waals surface area contributed by atoms with Crippen LogP contribution in [0, 0.1) is 12.7 Å². The number of aromatic nitrogens is 5. The van der Waals surface area contributed by atoms with E-state index in [1.165, 1.54) is 12.1 Å². The first-order valence-corrected chi connectivity index (χ1v) is 10.4. The van der Waals surface area contributed by atoms with Gasteiger partial charge in [-0.25, -0.2) is 18.7 Å². The fraction of sp³-hybridized carbons (Fsp3) is 0.429. The highest BCUT2D eigenvalue weighted by molar-refractivity contribution is 14.0. The van der Waals surface area contributed by atoms with Gasteiger partial charge in [-0.2, -0.15) is 10.2 Å². The molecule has 1 aliphatic heterocycles. The van der Waals surface area contributed by atoms with Gasteiger partial charge in [-0.1, -0.05) is 0 Å². The lowest BCUT2D eigenvalue weighted by Crippen LogP contribution is -2.41. The second-order valence-electron chi connectivity index (χ2n) is 7.32. The second-order valence-corrected chi connectivity index (χ2v) is 7.32. The largest absolute Gasteiger partial charge is 0.357 e. The van der Waals surface area contributed by atoms with Gasteiger partial charge in [0.1, 0.15) is 17.5 Å². The third-order valence-electron chi connectivity index (χ3n) is 5.01. The maximum atomic E-state index is 13.1. The van der Waals surface area contributed by atoms with Crippen LogP contribution in [0.15, 0.2) is 41.5 Å². The van der Waals surface area contributed by atoms with E-state index in [9.17, 15) is 4.39 Å². The van der Waals surface area contributed by atoms with Crippen LogP contribution >= 0.6 is 24.0 Å². The van der Waals surface area contributed by atoms with Crippen LogP contribution < -0.4 is 10.6 Å². The summed E-state index contributed by atoms with van der Waals surface area (Å²) in [5, 5.41) is 15.8. The van der Waals surface area contributed by atoms with Crippen molar-refractivity contribution >= 4 is 29.9 Å². The zero-order valence-corrected chi connectivity index (χ0v) is 20.1. The monoisotopic (exact) mass is 538 g/mol. The molecule has 0 radical (unpaired) electrons. The zero-order valence-electron chi connectivity index (χ0n) is 17.8. The van der Waals surface area contributed by atoms with Crippen molar-refractivity contribution in [3.05, 3.63) is 59.7 Å². The number of aliphatic imine (C=N–C) groups is 1. The standard InChI is InChI=1S/C21H27FN8.HI/c1-3-23-21(26-19-5-4-13-30-20(19)25-15(2)27-30)24-12-10-17-11-14-29(28-17)18-8-6-16(22)7-9-18;/h6-9,11,14,19H,3-5,10,12-13H2,1-2H3,(H2,23,24,26);1H. The molecule has 0 spiro atoms. The van der Waals surface area contributed by atoms with Crippen molar-refractivity contribution < 1.29 is 4.39 Å². The number of nitrogens with zero attached hydrogens (tertiary/aromatic N) is 6. The molecule has 8 nitrogen and oxygen atoms in total. The van der Waals surface area contributed by atoms with Crippen LogP contribution in [0.3, 0.4) is 0 Å². The molecule has 2 N–H and O–H groups in total. The van der Waals surface area contributed by atoms with Gasteiger partial charge in [-0.3, -0.25) is 4.99 Å². The molecule has 4 rings (SSSR count). The molecule has 31 heavy (non-hydrogen) atoms. The Balaban J connectivity index is 0.00000272. The maximum Gasteiger partial charge on any atom is 0.191 e. The van der Waals surface area contributed by atoms with Gasteiger partial charge in [-0.15, -0.1) is 24.0 Å². The topological polar surface area (TPSA) is 85.0 Å². The van der Waals surface area contributed by atoms with Crippen LogP contribution in [0.25, 0.3) is 5.69 Å². The highest BCUT2D eigenvalue weighted by Crippen LogP contribution is 2.22. The molecule has 1 aliphatic rings. The number of hydrogen-bond donors (Lipinski definition) is 2. The summed E-state index contributed by atoms with van der Waals surface area (Å²) >= 11 is 0. The van der Waals surface area contributed by atoms with Crippen molar-refractivity contribution in [3.8, 4) is 5.69 Å². The van der Waals surface area contributed by atoms with Crippen molar-refractivity contribution in [2.45, 2.75) is 45.7 Å². The molecule has 1 unspecified atom stereocenters. The van der Waals surface area contributed by atoms with Crippen molar-refractivity contribution in [3.63, 3.8) is 0 Å². The highest BCUT2D eigenvalue weighted by Gasteiger charge is 2.24. The summed E-state index contributed by atoms with van der Waals surface area (Å²) in [6.07, 6.45) is 4.66. The summed E-state index contributed by atoms with van der Waals surface area (Å²) in [4.78, 5) is 9.30. The van der Waals surface area contributed by atoms with Gasteiger partial charge in [0.25, 0.3) is 0 Å². The van der Waals surface area contributed by atoms with Crippen molar-refractivity contribution in [1.29, 1.82) is 0 Å². The highest BCUT2D eigenvalue weighted by atomic mass is 127. The number of fused-ring (bicyclic) bond motifs is 1. The molecule has 0 saturated heterocycles. The van der Waals surface area contributed by atoms with Gasteiger partial charge < -0.3 is 10.6 Å². The number of hydrogen-bond acceptors (Lipinski definition) is 4. The Morgan fingerprint density at radius 3 is 2.81 bits per heavy atom. The predicted molar refractivity (Wildman–Crippen MR) is 128 cm³/mol. The quantitative estimate of drug-likeness (QED) is 0.286. The third kappa shape index (κ3) is 5.81.